The number of carbonyl (C=O) groups is 3. The average Bonchev–Trinajstić information content (AvgIpc) is 2.96. The molecule has 1 saturated heterocycles. The van der Waals surface area contributed by atoms with Crippen LogP contribution in [0.5, 0.6) is 0 Å². The highest BCUT2D eigenvalue weighted by Crippen LogP contribution is 2.31. The highest BCUT2D eigenvalue weighted by atomic mass is 32.2. The Morgan fingerprint density at radius 1 is 1.21 bits per heavy atom. The van der Waals surface area contributed by atoms with Crippen molar-refractivity contribution in [2.45, 2.75) is 19.8 Å². The van der Waals surface area contributed by atoms with Gasteiger partial charge >= 0.3 is 0 Å². The molecule has 0 spiro atoms. The Morgan fingerprint density at radius 2 is 1.96 bits per heavy atom. The van der Waals surface area contributed by atoms with Crippen LogP contribution < -0.4 is 5.32 Å². The molecule has 2 aromatic rings. The largest absolute Gasteiger partial charge is 0.350 e. The van der Waals surface area contributed by atoms with E-state index in [0.717, 1.165) is 27.8 Å². The standard InChI is InChI=1S/C21H21N3O3S/c1-14(2)16-5-7-17(8-6-16)19(25)23-10-11-24-20(26)18(28-21(24)27)12-15-4-3-9-22-13-15/h3-9,12-14H,10-11H2,1-2H3,(H,23,25)/b18-12-. The number of amides is 3. The molecule has 3 rings (SSSR count). The molecule has 0 bridgehead atoms. The smallest absolute Gasteiger partial charge is 0.293 e. The third-order valence-corrected chi connectivity index (χ3v) is 5.22. The molecule has 0 radical (unpaired) electrons. The Bertz CT molecular complexity index is 908. The summed E-state index contributed by atoms with van der Waals surface area (Å²) >= 11 is 0.894. The van der Waals surface area contributed by atoms with E-state index in [0.29, 0.717) is 16.4 Å². The van der Waals surface area contributed by atoms with Gasteiger partial charge in [-0.05, 0) is 53.1 Å². The number of hydrogen-bond acceptors (Lipinski definition) is 5. The van der Waals surface area contributed by atoms with Crippen LogP contribution in [0.15, 0.2) is 53.7 Å². The number of rotatable bonds is 6. The number of nitrogens with zero attached hydrogens (tertiary/aromatic N) is 2. The maximum atomic E-state index is 12.5. The normalized spacial score (nSPS) is 15.5. The lowest BCUT2D eigenvalue weighted by Crippen LogP contribution is -2.37. The molecule has 6 nitrogen and oxygen atoms in total. The summed E-state index contributed by atoms with van der Waals surface area (Å²) in [5, 5.41) is 2.42. The zero-order valence-electron chi connectivity index (χ0n) is 15.7. The van der Waals surface area contributed by atoms with Crippen molar-refractivity contribution < 1.29 is 14.4 Å². The van der Waals surface area contributed by atoms with Gasteiger partial charge in [0.1, 0.15) is 0 Å². The molecule has 3 amide bonds. The molecular weight excluding hydrogens is 374 g/mol. The Morgan fingerprint density at radius 3 is 2.61 bits per heavy atom. The number of carbonyl (C=O) groups excluding carboxylic acids is 3. The molecular formula is C21H21N3O3S. The molecule has 1 aromatic carbocycles. The van der Waals surface area contributed by atoms with Crippen LogP contribution in [-0.4, -0.2) is 40.0 Å². The second-order valence-electron chi connectivity index (χ2n) is 6.65. The van der Waals surface area contributed by atoms with E-state index in [2.05, 4.69) is 24.1 Å². The van der Waals surface area contributed by atoms with Crippen LogP contribution in [0.3, 0.4) is 0 Å². The van der Waals surface area contributed by atoms with Gasteiger partial charge in [0.15, 0.2) is 0 Å². The van der Waals surface area contributed by atoms with E-state index < -0.39 is 0 Å². The lowest BCUT2D eigenvalue weighted by atomic mass is 10.0. The zero-order chi connectivity index (χ0) is 20.1. The van der Waals surface area contributed by atoms with Crippen LogP contribution in [0.4, 0.5) is 4.79 Å². The van der Waals surface area contributed by atoms with Gasteiger partial charge in [0.2, 0.25) is 0 Å². The Balaban J connectivity index is 1.55. The molecule has 1 fully saturated rings. The van der Waals surface area contributed by atoms with Crippen LogP contribution in [0.2, 0.25) is 0 Å². The number of nitrogens with one attached hydrogen (secondary N) is 1. The van der Waals surface area contributed by atoms with Crippen LogP contribution >= 0.6 is 11.8 Å². The minimum atomic E-state index is -0.352. The van der Waals surface area contributed by atoms with Crippen molar-refractivity contribution >= 4 is 34.9 Å². The lowest BCUT2D eigenvalue weighted by Gasteiger charge is -2.13. The van der Waals surface area contributed by atoms with Crippen molar-refractivity contribution in [1.29, 1.82) is 0 Å². The lowest BCUT2D eigenvalue weighted by molar-refractivity contribution is -0.122. The van der Waals surface area contributed by atoms with Crippen molar-refractivity contribution in [3.8, 4) is 0 Å². The van der Waals surface area contributed by atoms with E-state index >= 15 is 0 Å². The van der Waals surface area contributed by atoms with E-state index in [1.54, 1.807) is 36.7 Å². The van der Waals surface area contributed by atoms with Gasteiger partial charge in [-0.1, -0.05) is 32.0 Å². The Labute approximate surface area is 168 Å². The molecule has 28 heavy (non-hydrogen) atoms. The summed E-state index contributed by atoms with van der Waals surface area (Å²) in [5.74, 6) is -0.182. The first-order chi connectivity index (χ1) is 13.5. The molecule has 1 aromatic heterocycles. The number of benzene rings is 1. The highest BCUT2D eigenvalue weighted by Gasteiger charge is 2.34. The fourth-order valence-electron chi connectivity index (χ4n) is 2.71. The summed E-state index contributed by atoms with van der Waals surface area (Å²) in [5.41, 5.74) is 2.47. The number of hydrogen-bond donors (Lipinski definition) is 1. The predicted octanol–water partition coefficient (Wildman–Crippen LogP) is 3.67. The molecule has 144 valence electrons. The second kappa shape index (κ2) is 8.84. The number of pyridine rings is 1. The Hall–Kier alpha value is -2.93. The Kier molecular flexibility index (Phi) is 6.26. The van der Waals surface area contributed by atoms with Gasteiger partial charge in [-0.25, -0.2) is 0 Å². The molecule has 7 heteroatoms. The minimum Gasteiger partial charge on any atom is -0.350 e. The zero-order valence-corrected chi connectivity index (χ0v) is 16.5. The summed E-state index contributed by atoms with van der Waals surface area (Å²) in [6.07, 6.45) is 4.91. The fourth-order valence-corrected chi connectivity index (χ4v) is 3.57. The molecule has 1 aliphatic heterocycles. The van der Waals surface area contributed by atoms with Crippen LogP contribution in [0.25, 0.3) is 6.08 Å². The monoisotopic (exact) mass is 395 g/mol. The van der Waals surface area contributed by atoms with Crippen LogP contribution in [-0.2, 0) is 4.79 Å². The second-order valence-corrected chi connectivity index (χ2v) is 7.65. The fraction of sp³-hybridized carbons (Fsp3) is 0.238. The molecule has 0 saturated carbocycles. The summed E-state index contributed by atoms with van der Waals surface area (Å²) in [7, 11) is 0. The van der Waals surface area contributed by atoms with E-state index in [-0.39, 0.29) is 30.1 Å². The molecule has 2 heterocycles. The summed E-state index contributed by atoms with van der Waals surface area (Å²) < 4.78 is 0. The molecule has 1 N–H and O–H groups in total. The van der Waals surface area contributed by atoms with Gasteiger partial charge in [-0.3, -0.25) is 24.3 Å². The quantitative estimate of drug-likeness (QED) is 0.755. The number of imide groups is 1. The van der Waals surface area contributed by atoms with Crippen LogP contribution in [0, 0.1) is 0 Å². The van der Waals surface area contributed by atoms with Crippen molar-refractivity contribution in [2.24, 2.45) is 0 Å². The van der Waals surface area contributed by atoms with Gasteiger partial charge in [0.25, 0.3) is 17.1 Å². The van der Waals surface area contributed by atoms with Gasteiger partial charge < -0.3 is 5.32 Å². The molecule has 0 atom stereocenters. The van der Waals surface area contributed by atoms with Gasteiger partial charge in [-0.2, -0.15) is 0 Å². The number of aromatic nitrogens is 1. The first-order valence-corrected chi connectivity index (χ1v) is 9.81. The molecule has 0 unspecified atom stereocenters. The summed E-state index contributed by atoms with van der Waals surface area (Å²) in [6, 6.07) is 11.0. The van der Waals surface area contributed by atoms with E-state index in [1.165, 1.54) is 0 Å². The van der Waals surface area contributed by atoms with Crippen molar-refractivity contribution in [1.82, 2.24) is 15.2 Å². The highest BCUT2D eigenvalue weighted by molar-refractivity contribution is 8.18. The summed E-state index contributed by atoms with van der Waals surface area (Å²) in [6.45, 7) is 4.51. The van der Waals surface area contributed by atoms with Gasteiger partial charge in [0, 0.05) is 31.0 Å². The maximum Gasteiger partial charge on any atom is 0.293 e. The van der Waals surface area contributed by atoms with E-state index in [9.17, 15) is 14.4 Å². The predicted molar refractivity (Wildman–Crippen MR) is 110 cm³/mol. The van der Waals surface area contributed by atoms with Gasteiger partial charge in [0.05, 0.1) is 4.91 Å². The first kappa shape index (κ1) is 19.8. The minimum absolute atomic E-state index is 0.130. The molecule has 0 aliphatic carbocycles. The number of thioether (sulfide) groups is 1. The topological polar surface area (TPSA) is 79.4 Å². The third-order valence-electron chi connectivity index (χ3n) is 4.32. The first-order valence-electron chi connectivity index (χ1n) is 8.99. The summed E-state index contributed by atoms with van der Waals surface area (Å²) in [4.78, 5) is 42.3. The van der Waals surface area contributed by atoms with E-state index in [4.69, 9.17) is 0 Å². The average molecular weight is 395 g/mol. The van der Waals surface area contributed by atoms with Crippen molar-refractivity contribution in [3.63, 3.8) is 0 Å². The van der Waals surface area contributed by atoms with E-state index in [1.807, 2.05) is 18.2 Å². The van der Waals surface area contributed by atoms with Crippen molar-refractivity contribution in [2.75, 3.05) is 13.1 Å². The van der Waals surface area contributed by atoms with Crippen LogP contribution in [0.1, 0.15) is 41.3 Å². The van der Waals surface area contributed by atoms with Gasteiger partial charge in [-0.15, -0.1) is 0 Å². The maximum absolute atomic E-state index is 12.5. The third kappa shape index (κ3) is 4.67. The molecule has 1 aliphatic rings. The van der Waals surface area contributed by atoms with Crippen molar-refractivity contribution in [3.05, 3.63) is 70.4 Å². The SMILES string of the molecule is CC(C)c1ccc(C(=O)NCCN2C(=O)S/C(=C\c3cccnc3)C2=O)cc1.